The molecule has 2 N–H and O–H groups in total. The highest BCUT2D eigenvalue weighted by atomic mass is 16.3. The Labute approximate surface area is 152 Å². The van der Waals surface area contributed by atoms with Crippen molar-refractivity contribution in [2.45, 2.75) is 20.3 Å². The molecular weight excluding hydrogens is 324 g/mol. The second-order valence-corrected chi connectivity index (χ2v) is 6.24. The molecule has 0 atom stereocenters. The average molecular weight is 344 g/mol. The lowest BCUT2D eigenvalue weighted by molar-refractivity contribution is 0.475. The van der Waals surface area contributed by atoms with E-state index in [4.69, 9.17) is 0 Å². The normalized spacial score (nSPS) is 11.0. The van der Waals surface area contributed by atoms with E-state index in [1.54, 1.807) is 18.3 Å². The molecule has 0 radical (unpaired) electrons. The summed E-state index contributed by atoms with van der Waals surface area (Å²) in [6.45, 7) is 4.24. The molecular formula is C21H20N4O. The molecule has 0 unspecified atom stereocenters. The first-order valence-corrected chi connectivity index (χ1v) is 8.65. The fourth-order valence-corrected chi connectivity index (χ4v) is 3.18. The Hall–Kier alpha value is -3.34. The minimum absolute atomic E-state index is 0.212. The quantitative estimate of drug-likeness (QED) is 0.562. The Morgan fingerprint density at radius 3 is 2.77 bits per heavy atom. The molecule has 0 fully saturated rings. The van der Waals surface area contributed by atoms with Gasteiger partial charge in [0.05, 0.1) is 0 Å². The van der Waals surface area contributed by atoms with Crippen LogP contribution >= 0.6 is 0 Å². The van der Waals surface area contributed by atoms with Gasteiger partial charge >= 0.3 is 0 Å². The van der Waals surface area contributed by atoms with Crippen LogP contribution in [0.25, 0.3) is 17.0 Å². The highest BCUT2D eigenvalue weighted by molar-refractivity contribution is 5.80. The maximum Gasteiger partial charge on any atom is 0.235 e. The number of nitrogens with zero attached hydrogens (tertiary/aromatic N) is 3. The van der Waals surface area contributed by atoms with Crippen molar-refractivity contribution in [3.63, 3.8) is 0 Å². The van der Waals surface area contributed by atoms with Crippen molar-refractivity contribution in [3.05, 3.63) is 72.1 Å². The zero-order chi connectivity index (χ0) is 18.1. The third kappa shape index (κ3) is 2.77. The summed E-state index contributed by atoms with van der Waals surface area (Å²) in [6.07, 6.45) is 4.60. The number of hydrogen-bond donors (Lipinski definition) is 2. The summed E-state index contributed by atoms with van der Waals surface area (Å²) in [7, 11) is 0. The Balaban J connectivity index is 1.93. The van der Waals surface area contributed by atoms with Crippen LogP contribution < -0.4 is 5.32 Å². The molecule has 0 spiro atoms. The molecule has 0 aliphatic rings. The lowest BCUT2D eigenvalue weighted by atomic mass is 10.1. The molecule has 0 saturated carbocycles. The van der Waals surface area contributed by atoms with Gasteiger partial charge in [0.2, 0.25) is 5.78 Å². The Kier molecular flexibility index (Phi) is 4.05. The van der Waals surface area contributed by atoms with E-state index in [1.807, 2.05) is 28.8 Å². The number of hydrogen-bond acceptors (Lipinski definition) is 4. The summed E-state index contributed by atoms with van der Waals surface area (Å²) >= 11 is 0. The number of phenolic OH excluding ortho intramolecular Hbond substituents is 1. The molecule has 0 saturated heterocycles. The van der Waals surface area contributed by atoms with Crippen molar-refractivity contribution in [3.8, 4) is 17.0 Å². The Morgan fingerprint density at radius 2 is 1.96 bits per heavy atom. The van der Waals surface area contributed by atoms with E-state index in [2.05, 4.69) is 47.3 Å². The number of para-hydroxylation sites is 1. The predicted octanol–water partition coefficient (Wildman–Crippen LogP) is 4.72. The van der Waals surface area contributed by atoms with E-state index in [1.165, 1.54) is 11.1 Å². The van der Waals surface area contributed by atoms with Crippen LogP contribution in [0.15, 0.2) is 60.9 Å². The maximum absolute atomic E-state index is 9.89. The van der Waals surface area contributed by atoms with Crippen LogP contribution in [0, 0.1) is 6.92 Å². The SMILES string of the molecule is CCc1cccc(C)c1Nc1c(-c2cccc(O)c2)nc2ncccn12. The van der Waals surface area contributed by atoms with Crippen LogP contribution in [0.3, 0.4) is 0 Å². The molecule has 4 aromatic rings. The minimum Gasteiger partial charge on any atom is -0.508 e. The molecule has 2 aromatic carbocycles. The minimum atomic E-state index is 0.212. The number of aryl methyl sites for hydroxylation is 2. The average Bonchev–Trinajstić information content (AvgIpc) is 3.02. The maximum atomic E-state index is 9.89. The Morgan fingerprint density at radius 1 is 1.12 bits per heavy atom. The highest BCUT2D eigenvalue weighted by Gasteiger charge is 2.17. The monoisotopic (exact) mass is 344 g/mol. The zero-order valence-corrected chi connectivity index (χ0v) is 14.8. The summed E-state index contributed by atoms with van der Waals surface area (Å²) in [6, 6.07) is 15.3. The van der Waals surface area contributed by atoms with E-state index in [0.29, 0.717) is 5.78 Å². The second kappa shape index (κ2) is 6.52. The summed E-state index contributed by atoms with van der Waals surface area (Å²) < 4.78 is 1.94. The van der Waals surface area contributed by atoms with Gasteiger partial charge in [0.15, 0.2) is 0 Å². The van der Waals surface area contributed by atoms with Gasteiger partial charge < -0.3 is 10.4 Å². The third-order valence-corrected chi connectivity index (χ3v) is 4.51. The van der Waals surface area contributed by atoms with Crippen molar-refractivity contribution < 1.29 is 5.11 Å². The van der Waals surface area contributed by atoms with Crippen molar-refractivity contribution in [1.29, 1.82) is 0 Å². The number of aromatic nitrogens is 3. The number of aromatic hydroxyl groups is 1. The van der Waals surface area contributed by atoms with Gasteiger partial charge in [-0.05, 0) is 42.7 Å². The molecule has 5 nitrogen and oxygen atoms in total. The van der Waals surface area contributed by atoms with Crippen LogP contribution in [-0.2, 0) is 6.42 Å². The largest absolute Gasteiger partial charge is 0.508 e. The molecule has 2 heterocycles. The van der Waals surface area contributed by atoms with E-state index in [0.717, 1.165) is 29.2 Å². The fraction of sp³-hybridized carbons (Fsp3) is 0.143. The van der Waals surface area contributed by atoms with E-state index in [-0.39, 0.29) is 5.75 Å². The van der Waals surface area contributed by atoms with Gasteiger partial charge in [0.25, 0.3) is 0 Å². The van der Waals surface area contributed by atoms with Crippen molar-refractivity contribution in [2.75, 3.05) is 5.32 Å². The van der Waals surface area contributed by atoms with E-state index in [9.17, 15) is 5.11 Å². The lowest BCUT2D eigenvalue weighted by Crippen LogP contribution is -2.02. The first-order chi connectivity index (χ1) is 12.7. The van der Waals surface area contributed by atoms with E-state index < -0.39 is 0 Å². The van der Waals surface area contributed by atoms with Crippen molar-refractivity contribution >= 4 is 17.3 Å². The Bertz CT molecular complexity index is 1080. The number of rotatable bonds is 4. The molecule has 0 amide bonds. The molecule has 5 heteroatoms. The number of fused-ring (bicyclic) bond motifs is 1. The summed E-state index contributed by atoms with van der Waals surface area (Å²) in [5, 5.41) is 13.5. The fourth-order valence-electron chi connectivity index (χ4n) is 3.18. The van der Waals surface area contributed by atoms with Gasteiger partial charge in [0, 0.05) is 23.6 Å². The van der Waals surface area contributed by atoms with Crippen LogP contribution in [0.4, 0.5) is 11.5 Å². The molecule has 130 valence electrons. The first kappa shape index (κ1) is 16.1. The van der Waals surface area contributed by atoms with Crippen LogP contribution in [0.5, 0.6) is 5.75 Å². The van der Waals surface area contributed by atoms with Gasteiger partial charge in [-0.1, -0.05) is 37.3 Å². The highest BCUT2D eigenvalue weighted by Crippen LogP contribution is 2.34. The van der Waals surface area contributed by atoms with Gasteiger partial charge in [0.1, 0.15) is 17.3 Å². The number of anilines is 2. The first-order valence-electron chi connectivity index (χ1n) is 8.65. The van der Waals surface area contributed by atoms with Crippen LogP contribution in [0.1, 0.15) is 18.1 Å². The summed E-state index contributed by atoms with van der Waals surface area (Å²) in [4.78, 5) is 9.05. The number of imidazole rings is 1. The standard InChI is InChI=1S/C21H20N4O/c1-3-15-8-4-7-14(2)18(15)23-20-19(16-9-5-10-17(26)13-16)24-21-22-11-6-12-25(20)21/h4-13,23,26H,3H2,1-2H3. The molecule has 0 aliphatic heterocycles. The predicted molar refractivity (Wildman–Crippen MR) is 104 cm³/mol. The molecule has 4 rings (SSSR count). The number of phenols is 1. The van der Waals surface area contributed by atoms with Gasteiger partial charge in [-0.25, -0.2) is 9.97 Å². The summed E-state index contributed by atoms with van der Waals surface area (Å²) in [5.41, 5.74) is 5.09. The molecule has 0 bridgehead atoms. The second-order valence-electron chi connectivity index (χ2n) is 6.24. The lowest BCUT2D eigenvalue weighted by Gasteiger charge is -2.15. The van der Waals surface area contributed by atoms with Gasteiger partial charge in [-0.15, -0.1) is 0 Å². The van der Waals surface area contributed by atoms with Crippen molar-refractivity contribution in [2.24, 2.45) is 0 Å². The number of nitrogens with one attached hydrogen (secondary N) is 1. The summed E-state index contributed by atoms with van der Waals surface area (Å²) in [5.74, 6) is 1.66. The molecule has 2 aromatic heterocycles. The smallest absolute Gasteiger partial charge is 0.235 e. The van der Waals surface area contributed by atoms with E-state index >= 15 is 0 Å². The number of benzene rings is 2. The molecule has 0 aliphatic carbocycles. The van der Waals surface area contributed by atoms with Crippen LogP contribution in [-0.4, -0.2) is 19.5 Å². The molecule has 26 heavy (non-hydrogen) atoms. The zero-order valence-electron chi connectivity index (χ0n) is 14.8. The van der Waals surface area contributed by atoms with Gasteiger partial charge in [-0.3, -0.25) is 4.40 Å². The third-order valence-electron chi connectivity index (χ3n) is 4.51. The van der Waals surface area contributed by atoms with Crippen LogP contribution in [0.2, 0.25) is 0 Å². The topological polar surface area (TPSA) is 62.5 Å². The van der Waals surface area contributed by atoms with Crippen molar-refractivity contribution in [1.82, 2.24) is 14.4 Å². The van der Waals surface area contributed by atoms with Gasteiger partial charge in [-0.2, -0.15) is 0 Å².